The van der Waals surface area contributed by atoms with Crippen LogP contribution in [0.5, 0.6) is 0 Å². The number of primary amides is 1. The van der Waals surface area contributed by atoms with Crippen LogP contribution in [0, 0.1) is 0 Å². The molecule has 0 saturated carbocycles. The molecular weight excluding hydrogens is 406 g/mol. The van der Waals surface area contributed by atoms with E-state index in [9.17, 15) is 13.2 Å². The highest BCUT2D eigenvalue weighted by Crippen LogP contribution is 2.32. The molecule has 0 unspecified atom stereocenters. The van der Waals surface area contributed by atoms with Crippen LogP contribution < -0.4 is 16.2 Å². The van der Waals surface area contributed by atoms with E-state index in [-0.39, 0.29) is 18.0 Å². The molecule has 0 aliphatic heterocycles. The van der Waals surface area contributed by atoms with Crippen LogP contribution >= 0.6 is 31.9 Å². The van der Waals surface area contributed by atoms with Crippen molar-refractivity contribution in [2.45, 2.75) is 4.90 Å². The number of benzene rings is 1. The summed E-state index contributed by atoms with van der Waals surface area (Å²) in [4.78, 5) is 10.3. The first-order chi connectivity index (χ1) is 8.74. The first-order valence-corrected chi connectivity index (χ1v) is 7.97. The molecule has 1 aromatic carbocycles. The number of halogens is 2. The Morgan fingerprint density at radius 2 is 1.84 bits per heavy atom. The molecule has 10 heteroatoms. The molecule has 0 atom stereocenters. The number of nitrogens with two attached hydrogens (primary N) is 2. The summed E-state index contributed by atoms with van der Waals surface area (Å²) in [5.74, 6) is 0. The third kappa shape index (κ3) is 4.64. The summed E-state index contributed by atoms with van der Waals surface area (Å²) < 4.78 is 31.4. The topological polar surface area (TPSA) is 125 Å². The quantitative estimate of drug-likeness (QED) is 0.490. The maximum atomic E-state index is 12.0. The number of carbonyl (C=O) groups is 1. The average molecular weight is 417 g/mol. The Bertz CT molecular complexity index is 568. The zero-order chi connectivity index (χ0) is 14.6. The Balaban J connectivity index is 2.86. The van der Waals surface area contributed by atoms with Crippen molar-refractivity contribution in [2.24, 2.45) is 5.73 Å². The summed E-state index contributed by atoms with van der Waals surface area (Å²) in [5.41, 5.74) is 10.7. The van der Waals surface area contributed by atoms with Gasteiger partial charge < -0.3 is 16.2 Å². The summed E-state index contributed by atoms with van der Waals surface area (Å²) in [6.07, 6.45) is -0.964. The van der Waals surface area contributed by atoms with Crippen molar-refractivity contribution in [1.82, 2.24) is 4.72 Å². The number of hydrogen-bond donors (Lipinski definition) is 3. The van der Waals surface area contributed by atoms with E-state index in [1.807, 2.05) is 0 Å². The van der Waals surface area contributed by atoms with Crippen molar-refractivity contribution in [3.05, 3.63) is 21.1 Å². The van der Waals surface area contributed by atoms with E-state index in [4.69, 9.17) is 11.5 Å². The molecule has 0 bridgehead atoms. The SMILES string of the molecule is NC(=O)OCCNS(=O)(=O)c1c(Br)cc(N)cc1Br. The fourth-order valence-electron chi connectivity index (χ4n) is 1.24. The lowest BCUT2D eigenvalue weighted by Gasteiger charge is -2.11. The molecule has 0 aromatic heterocycles. The fraction of sp³-hybridized carbons (Fsp3) is 0.222. The molecule has 7 nitrogen and oxygen atoms in total. The van der Waals surface area contributed by atoms with E-state index in [1.165, 1.54) is 12.1 Å². The summed E-state index contributed by atoms with van der Waals surface area (Å²) in [6.45, 7) is -0.243. The molecule has 1 aromatic rings. The van der Waals surface area contributed by atoms with Crippen LogP contribution in [0.25, 0.3) is 0 Å². The van der Waals surface area contributed by atoms with Crippen molar-refractivity contribution in [3.8, 4) is 0 Å². The number of anilines is 1. The lowest BCUT2D eigenvalue weighted by atomic mass is 10.3. The lowest BCUT2D eigenvalue weighted by Crippen LogP contribution is -2.29. The summed E-state index contributed by atoms with van der Waals surface area (Å²) in [6, 6.07) is 2.94. The molecule has 19 heavy (non-hydrogen) atoms. The molecule has 1 rings (SSSR count). The van der Waals surface area contributed by atoms with Gasteiger partial charge in [-0.25, -0.2) is 17.9 Å². The van der Waals surface area contributed by atoms with Crippen molar-refractivity contribution < 1.29 is 17.9 Å². The van der Waals surface area contributed by atoms with Gasteiger partial charge in [-0.15, -0.1) is 0 Å². The van der Waals surface area contributed by atoms with E-state index in [0.717, 1.165) is 0 Å². The van der Waals surface area contributed by atoms with Crippen LogP contribution in [0.3, 0.4) is 0 Å². The monoisotopic (exact) mass is 415 g/mol. The van der Waals surface area contributed by atoms with Gasteiger partial charge in [0.25, 0.3) is 0 Å². The van der Waals surface area contributed by atoms with Gasteiger partial charge in [0, 0.05) is 21.2 Å². The number of hydrogen-bond acceptors (Lipinski definition) is 5. The highest BCUT2D eigenvalue weighted by Gasteiger charge is 2.21. The smallest absolute Gasteiger partial charge is 0.404 e. The first-order valence-electron chi connectivity index (χ1n) is 4.90. The molecule has 0 spiro atoms. The van der Waals surface area contributed by atoms with Crippen molar-refractivity contribution in [3.63, 3.8) is 0 Å². The molecule has 0 aliphatic rings. The fourth-order valence-corrected chi connectivity index (χ4v) is 4.86. The Hall–Kier alpha value is -0.840. The molecule has 1 amide bonds. The van der Waals surface area contributed by atoms with Crippen molar-refractivity contribution in [1.29, 1.82) is 0 Å². The summed E-state index contributed by atoms with van der Waals surface area (Å²) >= 11 is 6.26. The standard InChI is InChI=1S/C9H11Br2N3O4S/c10-6-3-5(12)4-7(11)8(6)19(16,17)14-1-2-18-9(13)15/h3-4,14H,1-2,12H2,(H2,13,15). The first kappa shape index (κ1) is 16.2. The Morgan fingerprint density at radius 3 is 2.32 bits per heavy atom. The molecule has 0 heterocycles. The maximum absolute atomic E-state index is 12.0. The zero-order valence-corrected chi connectivity index (χ0v) is 13.5. The van der Waals surface area contributed by atoms with Gasteiger partial charge in [-0.1, -0.05) is 0 Å². The van der Waals surface area contributed by atoms with Crippen molar-refractivity contribution >= 4 is 53.7 Å². The van der Waals surface area contributed by atoms with Crippen LogP contribution in [0.4, 0.5) is 10.5 Å². The molecular formula is C9H11Br2N3O4S. The number of rotatable bonds is 5. The van der Waals surface area contributed by atoms with Crippen molar-refractivity contribution in [2.75, 3.05) is 18.9 Å². The van der Waals surface area contributed by atoms with Gasteiger partial charge in [0.05, 0.1) is 0 Å². The van der Waals surface area contributed by atoms with Crippen LogP contribution in [0.2, 0.25) is 0 Å². The number of ether oxygens (including phenoxy) is 1. The van der Waals surface area contributed by atoms with Gasteiger partial charge in [-0.3, -0.25) is 0 Å². The number of nitrogen functional groups attached to an aromatic ring is 1. The van der Waals surface area contributed by atoms with E-state index in [0.29, 0.717) is 14.6 Å². The zero-order valence-electron chi connectivity index (χ0n) is 9.52. The van der Waals surface area contributed by atoms with E-state index in [2.05, 4.69) is 41.3 Å². The third-order valence-corrected chi connectivity index (χ3v) is 5.26. The second-order valence-corrected chi connectivity index (χ2v) is 6.79. The normalized spacial score (nSPS) is 11.3. The largest absolute Gasteiger partial charge is 0.448 e. The molecule has 106 valence electrons. The third-order valence-electron chi connectivity index (χ3n) is 1.93. The van der Waals surface area contributed by atoms with Crippen LogP contribution in [0.15, 0.2) is 26.0 Å². The van der Waals surface area contributed by atoms with Crippen LogP contribution in [0.1, 0.15) is 0 Å². The minimum atomic E-state index is -3.77. The highest BCUT2D eigenvalue weighted by molar-refractivity contribution is 9.11. The van der Waals surface area contributed by atoms with E-state index >= 15 is 0 Å². The number of carbonyl (C=O) groups excluding carboxylic acids is 1. The van der Waals surface area contributed by atoms with Crippen LogP contribution in [-0.4, -0.2) is 27.7 Å². The second kappa shape index (κ2) is 6.55. The number of amides is 1. The summed E-state index contributed by atoms with van der Waals surface area (Å²) in [5, 5.41) is 0. The maximum Gasteiger partial charge on any atom is 0.404 e. The molecule has 0 radical (unpaired) electrons. The predicted molar refractivity (Wildman–Crippen MR) is 77.0 cm³/mol. The van der Waals surface area contributed by atoms with Gasteiger partial charge in [0.2, 0.25) is 10.0 Å². The van der Waals surface area contributed by atoms with E-state index < -0.39 is 16.1 Å². The van der Waals surface area contributed by atoms with Gasteiger partial charge in [0.1, 0.15) is 11.5 Å². The minimum Gasteiger partial charge on any atom is -0.448 e. The lowest BCUT2D eigenvalue weighted by molar-refractivity contribution is 0.159. The van der Waals surface area contributed by atoms with Gasteiger partial charge in [-0.05, 0) is 44.0 Å². The number of nitrogens with one attached hydrogen (secondary N) is 1. The molecule has 5 N–H and O–H groups in total. The molecule has 0 aliphatic carbocycles. The average Bonchev–Trinajstić information content (AvgIpc) is 2.22. The second-order valence-electron chi connectivity index (χ2n) is 3.38. The highest BCUT2D eigenvalue weighted by atomic mass is 79.9. The summed E-state index contributed by atoms with van der Waals surface area (Å²) in [7, 11) is -3.77. The number of sulfonamides is 1. The Kier molecular flexibility index (Phi) is 5.59. The minimum absolute atomic E-state index is 0.0146. The van der Waals surface area contributed by atoms with Gasteiger partial charge in [0.15, 0.2) is 0 Å². The van der Waals surface area contributed by atoms with Gasteiger partial charge in [-0.2, -0.15) is 0 Å². The predicted octanol–water partition coefficient (Wildman–Crippen LogP) is 1.17. The Labute approximate surface area is 127 Å². The Morgan fingerprint density at radius 1 is 1.32 bits per heavy atom. The van der Waals surface area contributed by atoms with Crippen LogP contribution in [-0.2, 0) is 14.8 Å². The molecule has 0 fully saturated rings. The van der Waals surface area contributed by atoms with Gasteiger partial charge >= 0.3 is 6.09 Å². The van der Waals surface area contributed by atoms with E-state index in [1.54, 1.807) is 0 Å². The molecule has 0 saturated heterocycles.